The summed E-state index contributed by atoms with van der Waals surface area (Å²) in [5.41, 5.74) is 2.17. The van der Waals surface area contributed by atoms with Gasteiger partial charge in [0.15, 0.2) is 23.0 Å². The highest BCUT2D eigenvalue weighted by atomic mass is 16.5. The van der Waals surface area contributed by atoms with Crippen LogP contribution < -0.4 is 39.1 Å². The Morgan fingerprint density at radius 2 is 0.833 bits per heavy atom. The summed E-state index contributed by atoms with van der Waals surface area (Å²) in [4.78, 5) is 34.1. The lowest BCUT2D eigenvalue weighted by molar-refractivity contribution is -0.132. The number of benzene rings is 4. The number of hydrogen-bond donors (Lipinski definition) is 2. The maximum atomic E-state index is 12.6. The van der Waals surface area contributed by atoms with Crippen LogP contribution in [-0.4, -0.2) is 50.2 Å². The van der Waals surface area contributed by atoms with Crippen molar-refractivity contribution in [2.75, 3.05) is 39.1 Å². The van der Waals surface area contributed by atoms with Gasteiger partial charge in [-0.3, -0.25) is 19.6 Å². The van der Waals surface area contributed by atoms with Gasteiger partial charge in [-0.15, -0.1) is 0 Å². The van der Waals surface area contributed by atoms with Gasteiger partial charge in [-0.1, -0.05) is 0 Å². The highest BCUT2D eigenvalue weighted by Gasteiger charge is 2.16. The lowest BCUT2D eigenvalue weighted by Gasteiger charge is -2.13. The molecule has 0 atom stereocenters. The first-order chi connectivity index (χ1) is 23.4. The Hall–Kier alpha value is -6.56. The third kappa shape index (κ3) is 6.67. The van der Waals surface area contributed by atoms with E-state index in [0.717, 1.165) is 10.8 Å². The molecule has 0 fully saturated rings. The van der Waals surface area contributed by atoms with E-state index >= 15 is 0 Å². The van der Waals surface area contributed by atoms with Crippen LogP contribution in [0.3, 0.4) is 0 Å². The van der Waals surface area contributed by atoms with Crippen molar-refractivity contribution < 1.29 is 38.0 Å². The number of methoxy groups -OCH3 is 4. The zero-order valence-corrected chi connectivity index (χ0v) is 26.4. The molecule has 12 nitrogen and oxygen atoms in total. The van der Waals surface area contributed by atoms with Gasteiger partial charge in [-0.25, -0.2) is 0 Å². The van der Waals surface area contributed by atoms with E-state index in [1.54, 1.807) is 126 Å². The molecule has 0 spiro atoms. The SMILES string of the molecule is COc1cc2nccc(Oc3ccc(NC(=O)C(=O)Nc4ccc(Oc5ccnc6cc(OC)c(OC)cc56)cc4)cc3)c2cc1OC. The Morgan fingerprint density at radius 3 is 1.19 bits per heavy atom. The molecule has 0 aliphatic carbocycles. The van der Waals surface area contributed by atoms with Crippen molar-refractivity contribution in [3.63, 3.8) is 0 Å². The number of rotatable bonds is 10. The second kappa shape index (κ2) is 13.8. The fourth-order valence-corrected chi connectivity index (χ4v) is 4.92. The number of nitrogens with one attached hydrogen (secondary N) is 2. The Kier molecular flexibility index (Phi) is 9.05. The highest BCUT2D eigenvalue weighted by Crippen LogP contribution is 2.38. The van der Waals surface area contributed by atoms with E-state index in [-0.39, 0.29) is 0 Å². The molecule has 0 aliphatic rings. The molecule has 2 N–H and O–H groups in total. The molecule has 6 aromatic rings. The van der Waals surface area contributed by atoms with Crippen molar-refractivity contribution in [1.29, 1.82) is 0 Å². The van der Waals surface area contributed by atoms with Crippen LogP contribution in [0.1, 0.15) is 0 Å². The molecule has 4 aromatic carbocycles. The molecule has 6 rings (SSSR count). The largest absolute Gasteiger partial charge is 0.493 e. The zero-order valence-electron chi connectivity index (χ0n) is 26.4. The number of fused-ring (bicyclic) bond motifs is 2. The summed E-state index contributed by atoms with van der Waals surface area (Å²) >= 11 is 0. The average molecular weight is 647 g/mol. The van der Waals surface area contributed by atoms with Crippen molar-refractivity contribution in [1.82, 2.24) is 9.97 Å². The normalized spacial score (nSPS) is 10.7. The molecule has 12 heteroatoms. The Morgan fingerprint density at radius 1 is 0.479 bits per heavy atom. The summed E-state index contributed by atoms with van der Waals surface area (Å²) in [6, 6.07) is 23.9. The van der Waals surface area contributed by atoms with E-state index in [1.165, 1.54) is 0 Å². The van der Waals surface area contributed by atoms with Crippen molar-refractivity contribution in [2.24, 2.45) is 0 Å². The Bertz CT molecular complexity index is 1970. The quantitative estimate of drug-likeness (QED) is 0.150. The Labute approximate surface area is 275 Å². The van der Waals surface area contributed by atoms with Gasteiger partial charge in [-0.05, 0) is 72.8 Å². The molecule has 0 unspecified atom stereocenters. The van der Waals surface area contributed by atoms with Crippen LogP contribution in [0.5, 0.6) is 46.0 Å². The molecule has 0 saturated carbocycles. The van der Waals surface area contributed by atoms with Crippen LogP contribution >= 0.6 is 0 Å². The molecular weight excluding hydrogens is 616 g/mol. The minimum absolute atomic E-state index is 0.413. The summed E-state index contributed by atoms with van der Waals surface area (Å²) in [6.07, 6.45) is 3.27. The van der Waals surface area contributed by atoms with E-state index in [4.69, 9.17) is 28.4 Å². The smallest absolute Gasteiger partial charge is 0.314 e. The molecule has 242 valence electrons. The van der Waals surface area contributed by atoms with Gasteiger partial charge >= 0.3 is 11.8 Å². The van der Waals surface area contributed by atoms with Crippen LogP contribution in [0.15, 0.2) is 97.3 Å². The number of carbonyl (C=O) groups excluding carboxylic acids is 2. The molecule has 48 heavy (non-hydrogen) atoms. The summed E-state index contributed by atoms with van der Waals surface area (Å²) in [5.74, 6) is 2.69. The van der Waals surface area contributed by atoms with Gasteiger partial charge in [-0.2, -0.15) is 0 Å². The molecule has 0 radical (unpaired) electrons. The molecule has 0 aliphatic heterocycles. The van der Waals surface area contributed by atoms with E-state index in [1.807, 2.05) is 0 Å². The van der Waals surface area contributed by atoms with Gasteiger partial charge < -0.3 is 39.1 Å². The number of hydrogen-bond acceptors (Lipinski definition) is 10. The van der Waals surface area contributed by atoms with E-state index in [0.29, 0.717) is 68.4 Å². The van der Waals surface area contributed by atoms with Crippen LogP contribution in [0.25, 0.3) is 21.8 Å². The van der Waals surface area contributed by atoms with Gasteiger partial charge in [0.25, 0.3) is 0 Å². The first-order valence-electron chi connectivity index (χ1n) is 14.6. The predicted molar refractivity (Wildman–Crippen MR) is 180 cm³/mol. The first-order valence-corrected chi connectivity index (χ1v) is 14.6. The second-order valence-electron chi connectivity index (χ2n) is 10.2. The average Bonchev–Trinajstić information content (AvgIpc) is 3.12. The third-order valence-corrected chi connectivity index (χ3v) is 7.30. The van der Waals surface area contributed by atoms with Crippen molar-refractivity contribution >= 4 is 45.0 Å². The molecule has 2 heterocycles. The van der Waals surface area contributed by atoms with Gasteiger partial charge in [0, 0.05) is 46.7 Å². The monoisotopic (exact) mass is 646 g/mol. The predicted octanol–water partition coefficient (Wildman–Crippen LogP) is 6.98. The number of nitrogens with zero attached hydrogens (tertiary/aromatic N) is 2. The van der Waals surface area contributed by atoms with E-state index in [9.17, 15) is 9.59 Å². The van der Waals surface area contributed by atoms with Gasteiger partial charge in [0.05, 0.1) is 39.5 Å². The van der Waals surface area contributed by atoms with Crippen molar-refractivity contribution in [3.8, 4) is 46.0 Å². The molecule has 0 saturated heterocycles. The summed E-state index contributed by atoms with van der Waals surface area (Å²) in [7, 11) is 6.23. The molecule has 2 aromatic heterocycles. The number of pyridine rings is 2. The van der Waals surface area contributed by atoms with E-state index in [2.05, 4.69) is 20.6 Å². The lowest BCUT2D eigenvalue weighted by Crippen LogP contribution is -2.29. The maximum absolute atomic E-state index is 12.6. The molecule has 2 amide bonds. The van der Waals surface area contributed by atoms with E-state index < -0.39 is 11.8 Å². The van der Waals surface area contributed by atoms with Crippen molar-refractivity contribution in [3.05, 3.63) is 97.3 Å². The van der Waals surface area contributed by atoms with Gasteiger partial charge in [0.2, 0.25) is 0 Å². The highest BCUT2D eigenvalue weighted by molar-refractivity contribution is 6.43. The zero-order chi connectivity index (χ0) is 33.6. The summed E-state index contributed by atoms with van der Waals surface area (Å²) in [5, 5.41) is 6.65. The van der Waals surface area contributed by atoms with Crippen LogP contribution in [0.2, 0.25) is 0 Å². The summed E-state index contributed by atoms with van der Waals surface area (Å²) < 4.78 is 33.7. The summed E-state index contributed by atoms with van der Waals surface area (Å²) in [6.45, 7) is 0. The van der Waals surface area contributed by atoms with Crippen molar-refractivity contribution in [2.45, 2.75) is 0 Å². The second-order valence-corrected chi connectivity index (χ2v) is 10.2. The Balaban J connectivity index is 1.07. The van der Waals surface area contributed by atoms with Crippen LogP contribution in [0.4, 0.5) is 11.4 Å². The topological polar surface area (TPSA) is 139 Å². The number of carbonyl (C=O) groups is 2. The fraction of sp³-hybridized carbons (Fsp3) is 0.111. The van der Waals surface area contributed by atoms with Crippen LogP contribution in [-0.2, 0) is 9.59 Å². The number of anilines is 2. The van der Waals surface area contributed by atoms with Gasteiger partial charge in [0.1, 0.15) is 23.0 Å². The minimum Gasteiger partial charge on any atom is -0.493 e. The number of amides is 2. The minimum atomic E-state index is -0.835. The molecule has 0 bridgehead atoms. The van der Waals surface area contributed by atoms with Crippen LogP contribution in [0, 0.1) is 0 Å². The third-order valence-electron chi connectivity index (χ3n) is 7.30. The lowest BCUT2D eigenvalue weighted by atomic mass is 10.2. The first kappa shape index (κ1) is 31.4. The number of aromatic nitrogens is 2. The standard InChI is InChI=1S/C36H30N4O8/c1-43-31-17-25-27(19-33(31)45-3)37-15-13-29(25)47-23-9-5-21(6-10-23)39-35(41)36(42)40-22-7-11-24(12-8-22)48-30-14-16-38-28-20-34(46-4)32(44-2)18-26(28)30/h5-20H,1-4H3,(H,39,41)(H,40,42). The maximum Gasteiger partial charge on any atom is 0.314 e. The number of ether oxygens (including phenoxy) is 6. The molecular formula is C36H30N4O8. The fourth-order valence-electron chi connectivity index (χ4n) is 4.92.